The number of hydrogen-bond donors (Lipinski definition) is 2. The Hall–Kier alpha value is -0.770. The molecule has 0 heterocycles. The second kappa shape index (κ2) is 8.39. The highest BCUT2D eigenvalue weighted by Gasteiger charge is 2.20. The highest BCUT2D eigenvalue weighted by atomic mass is 16.5. The number of nitrogens with one attached hydrogen (secondary N) is 2. The molecule has 1 fully saturated rings. The average Bonchev–Trinajstić information content (AvgIpc) is 3.11. The lowest BCUT2D eigenvalue weighted by Gasteiger charge is -2.10. The van der Waals surface area contributed by atoms with E-state index in [2.05, 4.69) is 22.5 Å². The van der Waals surface area contributed by atoms with Crippen molar-refractivity contribution in [3.63, 3.8) is 0 Å². The first kappa shape index (κ1) is 13.3. The predicted molar refractivity (Wildman–Crippen MR) is 67.8 cm³/mol. The van der Waals surface area contributed by atoms with E-state index in [1.807, 2.05) is 0 Å². The highest BCUT2D eigenvalue weighted by molar-refractivity contribution is 5.79. The Morgan fingerprint density at radius 3 is 2.69 bits per heavy atom. The maximum Gasteiger partial charge on any atom is 0.190 e. The fraction of sp³-hybridized carbons (Fsp3) is 0.917. The topological polar surface area (TPSA) is 45.7 Å². The van der Waals surface area contributed by atoms with Crippen LogP contribution in [-0.4, -0.2) is 39.3 Å². The molecule has 0 atom stereocenters. The average molecular weight is 227 g/mol. The zero-order chi connectivity index (χ0) is 11.6. The molecule has 4 heteroatoms. The monoisotopic (exact) mass is 227 g/mol. The van der Waals surface area contributed by atoms with Crippen LogP contribution < -0.4 is 10.6 Å². The summed E-state index contributed by atoms with van der Waals surface area (Å²) in [5.74, 6) is 1.76. The Balaban J connectivity index is 1.87. The summed E-state index contributed by atoms with van der Waals surface area (Å²) in [5, 5.41) is 6.50. The molecule has 1 saturated carbocycles. The van der Waals surface area contributed by atoms with Crippen molar-refractivity contribution in [1.29, 1.82) is 0 Å². The molecule has 4 nitrogen and oxygen atoms in total. The molecule has 16 heavy (non-hydrogen) atoms. The van der Waals surface area contributed by atoms with Crippen molar-refractivity contribution in [2.75, 3.05) is 33.4 Å². The number of rotatable bonds is 8. The van der Waals surface area contributed by atoms with Gasteiger partial charge in [0.15, 0.2) is 5.96 Å². The molecule has 0 aromatic rings. The van der Waals surface area contributed by atoms with E-state index in [9.17, 15) is 0 Å². The fourth-order valence-electron chi connectivity index (χ4n) is 1.38. The summed E-state index contributed by atoms with van der Waals surface area (Å²) in [7, 11) is 1.80. The lowest BCUT2D eigenvalue weighted by atomic mass is 10.4. The molecule has 0 bridgehead atoms. The Bertz CT molecular complexity index is 202. The standard InChI is InChI=1S/C12H25N3O/c1-3-7-14-12(13-2)15-8-4-9-16-10-11-5-6-11/h11H,3-10H2,1-2H3,(H2,13,14,15). The van der Waals surface area contributed by atoms with Crippen molar-refractivity contribution < 1.29 is 4.74 Å². The van der Waals surface area contributed by atoms with E-state index in [-0.39, 0.29) is 0 Å². The van der Waals surface area contributed by atoms with E-state index >= 15 is 0 Å². The van der Waals surface area contributed by atoms with Crippen molar-refractivity contribution in [2.45, 2.75) is 32.6 Å². The summed E-state index contributed by atoms with van der Waals surface area (Å²) < 4.78 is 5.55. The molecular weight excluding hydrogens is 202 g/mol. The van der Waals surface area contributed by atoms with Gasteiger partial charge in [-0.05, 0) is 31.6 Å². The fourth-order valence-corrected chi connectivity index (χ4v) is 1.38. The molecule has 1 aliphatic rings. The van der Waals surface area contributed by atoms with Gasteiger partial charge in [0.1, 0.15) is 0 Å². The molecule has 1 aliphatic carbocycles. The van der Waals surface area contributed by atoms with Gasteiger partial charge in [-0.2, -0.15) is 0 Å². The van der Waals surface area contributed by atoms with E-state index in [1.54, 1.807) is 7.05 Å². The molecule has 2 N–H and O–H groups in total. The van der Waals surface area contributed by atoms with Crippen LogP contribution >= 0.6 is 0 Å². The van der Waals surface area contributed by atoms with Gasteiger partial charge in [0, 0.05) is 33.4 Å². The summed E-state index contributed by atoms with van der Waals surface area (Å²) in [6.07, 6.45) is 4.89. The molecule has 0 aromatic carbocycles. The minimum atomic E-state index is 0.855. The van der Waals surface area contributed by atoms with E-state index in [0.29, 0.717) is 0 Å². The predicted octanol–water partition coefficient (Wildman–Crippen LogP) is 1.38. The normalized spacial score (nSPS) is 16.2. The zero-order valence-electron chi connectivity index (χ0n) is 10.6. The van der Waals surface area contributed by atoms with Crippen LogP contribution in [0.2, 0.25) is 0 Å². The summed E-state index contributed by atoms with van der Waals surface area (Å²) in [4.78, 5) is 4.14. The third-order valence-electron chi connectivity index (χ3n) is 2.57. The van der Waals surface area contributed by atoms with Gasteiger partial charge in [0.05, 0.1) is 0 Å². The number of ether oxygens (including phenoxy) is 1. The second-order valence-electron chi connectivity index (χ2n) is 4.30. The summed E-state index contributed by atoms with van der Waals surface area (Å²) >= 11 is 0. The van der Waals surface area contributed by atoms with Crippen LogP contribution in [0.25, 0.3) is 0 Å². The van der Waals surface area contributed by atoms with Gasteiger partial charge in [-0.15, -0.1) is 0 Å². The van der Waals surface area contributed by atoms with Gasteiger partial charge < -0.3 is 15.4 Å². The SMILES string of the molecule is CCCNC(=NC)NCCCOCC1CC1. The van der Waals surface area contributed by atoms with Crippen LogP contribution in [0, 0.1) is 5.92 Å². The van der Waals surface area contributed by atoms with Gasteiger partial charge in [-0.25, -0.2) is 0 Å². The van der Waals surface area contributed by atoms with E-state index < -0.39 is 0 Å². The largest absolute Gasteiger partial charge is 0.381 e. The molecular formula is C12H25N3O. The van der Waals surface area contributed by atoms with Crippen LogP contribution in [0.3, 0.4) is 0 Å². The van der Waals surface area contributed by atoms with Crippen molar-refractivity contribution >= 4 is 5.96 Å². The first-order valence-electron chi connectivity index (χ1n) is 6.39. The highest BCUT2D eigenvalue weighted by Crippen LogP contribution is 2.28. The Morgan fingerprint density at radius 2 is 2.06 bits per heavy atom. The molecule has 0 aliphatic heterocycles. The molecule has 94 valence electrons. The summed E-state index contributed by atoms with van der Waals surface area (Å²) in [6.45, 7) is 5.86. The molecule has 0 spiro atoms. The van der Waals surface area contributed by atoms with E-state index in [0.717, 1.165) is 51.0 Å². The van der Waals surface area contributed by atoms with Crippen molar-refractivity contribution in [3.8, 4) is 0 Å². The van der Waals surface area contributed by atoms with Gasteiger partial charge in [-0.3, -0.25) is 4.99 Å². The number of hydrogen-bond acceptors (Lipinski definition) is 2. The Kier molecular flexibility index (Phi) is 6.97. The molecule has 0 amide bonds. The number of aliphatic imine (C=N–C) groups is 1. The van der Waals surface area contributed by atoms with Crippen molar-refractivity contribution in [3.05, 3.63) is 0 Å². The molecule has 1 rings (SSSR count). The van der Waals surface area contributed by atoms with Crippen LogP contribution in [-0.2, 0) is 4.74 Å². The van der Waals surface area contributed by atoms with Crippen LogP contribution in [0.1, 0.15) is 32.6 Å². The van der Waals surface area contributed by atoms with Gasteiger partial charge in [0.25, 0.3) is 0 Å². The lowest BCUT2D eigenvalue weighted by Crippen LogP contribution is -2.38. The molecule has 0 aromatic heterocycles. The molecule has 0 radical (unpaired) electrons. The van der Waals surface area contributed by atoms with Crippen LogP contribution in [0.4, 0.5) is 0 Å². The molecule has 0 unspecified atom stereocenters. The van der Waals surface area contributed by atoms with Crippen LogP contribution in [0.15, 0.2) is 4.99 Å². The number of nitrogens with zero attached hydrogens (tertiary/aromatic N) is 1. The first-order valence-corrected chi connectivity index (χ1v) is 6.39. The van der Waals surface area contributed by atoms with E-state index in [1.165, 1.54) is 12.8 Å². The van der Waals surface area contributed by atoms with Crippen LogP contribution in [0.5, 0.6) is 0 Å². The minimum Gasteiger partial charge on any atom is -0.381 e. The quantitative estimate of drug-likeness (QED) is 0.374. The minimum absolute atomic E-state index is 0.855. The summed E-state index contributed by atoms with van der Waals surface area (Å²) in [6, 6.07) is 0. The first-order chi connectivity index (χ1) is 7.86. The maximum absolute atomic E-state index is 5.55. The third-order valence-corrected chi connectivity index (χ3v) is 2.57. The molecule has 0 saturated heterocycles. The van der Waals surface area contributed by atoms with Crippen molar-refractivity contribution in [2.24, 2.45) is 10.9 Å². The van der Waals surface area contributed by atoms with Crippen molar-refractivity contribution in [1.82, 2.24) is 10.6 Å². The van der Waals surface area contributed by atoms with E-state index in [4.69, 9.17) is 4.74 Å². The number of guanidine groups is 1. The maximum atomic E-state index is 5.55. The Morgan fingerprint density at radius 1 is 1.31 bits per heavy atom. The summed E-state index contributed by atoms with van der Waals surface area (Å²) in [5.41, 5.74) is 0. The van der Waals surface area contributed by atoms with Gasteiger partial charge in [0.2, 0.25) is 0 Å². The van der Waals surface area contributed by atoms with Gasteiger partial charge >= 0.3 is 0 Å². The lowest BCUT2D eigenvalue weighted by molar-refractivity contribution is 0.123. The smallest absolute Gasteiger partial charge is 0.190 e. The van der Waals surface area contributed by atoms with Gasteiger partial charge in [-0.1, -0.05) is 6.92 Å². The third kappa shape index (κ3) is 6.67. The Labute approximate surface area is 98.9 Å². The zero-order valence-corrected chi connectivity index (χ0v) is 10.6. The second-order valence-corrected chi connectivity index (χ2v) is 4.30.